The first-order valence-corrected chi connectivity index (χ1v) is 6.12. The molecule has 0 aliphatic carbocycles. The summed E-state index contributed by atoms with van der Waals surface area (Å²) in [6.45, 7) is 3.81. The molecule has 0 aromatic rings. The van der Waals surface area contributed by atoms with Gasteiger partial charge in [0.15, 0.2) is 0 Å². The largest absolute Gasteiger partial charge is 0.396 e. The molecule has 4 heteroatoms. The Morgan fingerprint density at radius 2 is 2.06 bits per heavy atom. The summed E-state index contributed by atoms with van der Waals surface area (Å²) in [6.07, 6.45) is 3.49. The lowest BCUT2D eigenvalue weighted by Gasteiger charge is -2.16. The Kier molecular flexibility index (Phi) is 9.24. The van der Waals surface area contributed by atoms with Gasteiger partial charge in [0.05, 0.1) is 0 Å². The summed E-state index contributed by atoms with van der Waals surface area (Å²) in [6, 6.07) is 0. The first-order chi connectivity index (χ1) is 7.60. The Hall–Kier alpha value is -0.610. The second kappa shape index (κ2) is 9.60. The molecule has 0 rings (SSSR count). The second-order valence-electron chi connectivity index (χ2n) is 4.52. The lowest BCUT2D eigenvalue weighted by molar-refractivity contribution is -0.121. The predicted molar refractivity (Wildman–Crippen MR) is 66.3 cm³/mol. The Balaban J connectivity index is 3.68. The van der Waals surface area contributed by atoms with Gasteiger partial charge in [0.1, 0.15) is 0 Å². The highest BCUT2D eigenvalue weighted by Gasteiger charge is 2.09. The highest BCUT2D eigenvalue weighted by Crippen LogP contribution is 2.09. The number of hydrogen-bond donors (Lipinski definition) is 2. The molecule has 0 aromatic carbocycles. The van der Waals surface area contributed by atoms with Crippen LogP contribution in [0.25, 0.3) is 0 Å². The van der Waals surface area contributed by atoms with E-state index < -0.39 is 0 Å². The van der Waals surface area contributed by atoms with Gasteiger partial charge < -0.3 is 15.3 Å². The fourth-order valence-corrected chi connectivity index (χ4v) is 1.61. The monoisotopic (exact) mass is 230 g/mol. The predicted octanol–water partition coefficient (Wildman–Crippen LogP) is 0.853. The van der Waals surface area contributed by atoms with Crippen molar-refractivity contribution in [2.75, 3.05) is 33.8 Å². The molecule has 0 radical (unpaired) electrons. The van der Waals surface area contributed by atoms with Crippen LogP contribution >= 0.6 is 0 Å². The van der Waals surface area contributed by atoms with Crippen molar-refractivity contribution in [1.29, 1.82) is 0 Å². The summed E-state index contributed by atoms with van der Waals surface area (Å²) in [5, 5.41) is 11.8. The first-order valence-electron chi connectivity index (χ1n) is 6.12. The number of nitrogens with zero attached hydrogens (tertiary/aromatic N) is 1. The standard InChI is InChI=1S/C12H26N2O2/c1-4-5-11(7-9-15)10-13-12(16)6-8-14(2)3/h11,15H,4-10H2,1-3H3,(H,13,16). The van der Waals surface area contributed by atoms with Crippen LogP contribution in [0.2, 0.25) is 0 Å². The molecule has 0 bridgehead atoms. The minimum atomic E-state index is 0.104. The fraction of sp³-hybridized carbons (Fsp3) is 0.917. The summed E-state index contributed by atoms with van der Waals surface area (Å²) < 4.78 is 0. The smallest absolute Gasteiger partial charge is 0.221 e. The molecule has 1 amide bonds. The summed E-state index contributed by atoms with van der Waals surface area (Å²) in [4.78, 5) is 13.5. The maximum atomic E-state index is 11.5. The second-order valence-corrected chi connectivity index (χ2v) is 4.52. The van der Waals surface area contributed by atoms with Crippen molar-refractivity contribution in [3.8, 4) is 0 Å². The maximum absolute atomic E-state index is 11.5. The minimum Gasteiger partial charge on any atom is -0.396 e. The maximum Gasteiger partial charge on any atom is 0.221 e. The van der Waals surface area contributed by atoms with E-state index in [1.165, 1.54) is 0 Å². The number of carbonyl (C=O) groups is 1. The molecule has 1 unspecified atom stereocenters. The Bertz CT molecular complexity index is 178. The van der Waals surface area contributed by atoms with Crippen LogP contribution in [-0.4, -0.2) is 49.7 Å². The number of rotatable bonds is 9. The zero-order valence-corrected chi connectivity index (χ0v) is 10.8. The number of hydrogen-bond acceptors (Lipinski definition) is 3. The van der Waals surface area contributed by atoms with Crippen molar-refractivity contribution < 1.29 is 9.90 Å². The van der Waals surface area contributed by atoms with Crippen LogP contribution in [0.1, 0.15) is 32.6 Å². The number of amides is 1. The molecule has 0 aromatic heterocycles. The van der Waals surface area contributed by atoms with E-state index in [-0.39, 0.29) is 12.5 Å². The van der Waals surface area contributed by atoms with Crippen LogP contribution < -0.4 is 5.32 Å². The van der Waals surface area contributed by atoms with Crippen LogP contribution in [0.5, 0.6) is 0 Å². The Labute approximate surface area is 99.0 Å². The Morgan fingerprint density at radius 1 is 1.38 bits per heavy atom. The van der Waals surface area contributed by atoms with Gasteiger partial charge in [-0.25, -0.2) is 0 Å². The molecule has 0 heterocycles. The molecule has 0 saturated carbocycles. The van der Waals surface area contributed by atoms with Crippen molar-refractivity contribution >= 4 is 5.91 Å². The van der Waals surface area contributed by atoms with Gasteiger partial charge in [-0.2, -0.15) is 0 Å². The van der Waals surface area contributed by atoms with Gasteiger partial charge >= 0.3 is 0 Å². The van der Waals surface area contributed by atoms with E-state index >= 15 is 0 Å². The van der Waals surface area contributed by atoms with Crippen LogP contribution in [-0.2, 0) is 4.79 Å². The third kappa shape index (κ3) is 8.68. The lowest BCUT2D eigenvalue weighted by atomic mass is 10.0. The van der Waals surface area contributed by atoms with Crippen molar-refractivity contribution in [2.24, 2.45) is 5.92 Å². The third-order valence-corrected chi connectivity index (χ3v) is 2.61. The highest BCUT2D eigenvalue weighted by atomic mass is 16.3. The number of nitrogens with one attached hydrogen (secondary N) is 1. The quantitative estimate of drug-likeness (QED) is 0.617. The van der Waals surface area contributed by atoms with Gasteiger partial charge in [0, 0.05) is 26.1 Å². The average Bonchev–Trinajstić information content (AvgIpc) is 2.23. The van der Waals surface area contributed by atoms with Gasteiger partial charge in [-0.3, -0.25) is 4.79 Å². The van der Waals surface area contributed by atoms with E-state index in [0.717, 1.165) is 25.8 Å². The topological polar surface area (TPSA) is 52.6 Å². The molecule has 16 heavy (non-hydrogen) atoms. The van der Waals surface area contributed by atoms with Gasteiger partial charge in [0.25, 0.3) is 0 Å². The molecule has 0 spiro atoms. The number of aliphatic hydroxyl groups excluding tert-OH is 1. The number of carbonyl (C=O) groups excluding carboxylic acids is 1. The fourth-order valence-electron chi connectivity index (χ4n) is 1.61. The molecule has 0 fully saturated rings. The third-order valence-electron chi connectivity index (χ3n) is 2.61. The van der Waals surface area contributed by atoms with E-state index in [1.807, 2.05) is 19.0 Å². The average molecular weight is 230 g/mol. The number of aliphatic hydroxyl groups is 1. The van der Waals surface area contributed by atoms with Gasteiger partial charge in [-0.05, 0) is 32.9 Å². The summed E-state index contributed by atoms with van der Waals surface area (Å²) in [5.74, 6) is 0.519. The SMILES string of the molecule is CCCC(CCO)CNC(=O)CCN(C)C. The van der Waals surface area contributed by atoms with Crippen LogP contribution in [0, 0.1) is 5.92 Å². The Morgan fingerprint density at radius 3 is 2.56 bits per heavy atom. The molecule has 0 aliphatic rings. The van der Waals surface area contributed by atoms with Gasteiger partial charge in [-0.15, -0.1) is 0 Å². The first kappa shape index (κ1) is 15.4. The van der Waals surface area contributed by atoms with Crippen LogP contribution in [0.3, 0.4) is 0 Å². The summed E-state index contributed by atoms with van der Waals surface area (Å²) in [5.41, 5.74) is 0. The summed E-state index contributed by atoms with van der Waals surface area (Å²) in [7, 11) is 3.91. The van der Waals surface area contributed by atoms with Crippen molar-refractivity contribution in [3.05, 3.63) is 0 Å². The van der Waals surface area contributed by atoms with Crippen LogP contribution in [0.15, 0.2) is 0 Å². The van der Waals surface area contributed by atoms with Crippen LogP contribution in [0.4, 0.5) is 0 Å². The van der Waals surface area contributed by atoms with E-state index in [2.05, 4.69) is 12.2 Å². The van der Waals surface area contributed by atoms with E-state index in [4.69, 9.17) is 5.11 Å². The van der Waals surface area contributed by atoms with Crippen molar-refractivity contribution in [3.63, 3.8) is 0 Å². The highest BCUT2D eigenvalue weighted by molar-refractivity contribution is 5.76. The molecule has 0 saturated heterocycles. The molecule has 4 nitrogen and oxygen atoms in total. The zero-order chi connectivity index (χ0) is 12.4. The van der Waals surface area contributed by atoms with Crippen molar-refractivity contribution in [1.82, 2.24) is 10.2 Å². The molecule has 96 valence electrons. The zero-order valence-electron chi connectivity index (χ0n) is 10.8. The van der Waals surface area contributed by atoms with Crippen molar-refractivity contribution in [2.45, 2.75) is 32.6 Å². The van der Waals surface area contributed by atoms with E-state index in [0.29, 0.717) is 18.9 Å². The molecule has 0 aliphatic heterocycles. The van der Waals surface area contributed by atoms with E-state index in [9.17, 15) is 4.79 Å². The van der Waals surface area contributed by atoms with Gasteiger partial charge in [0.2, 0.25) is 5.91 Å². The van der Waals surface area contributed by atoms with Gasteiger partial charge in [-0.1, -0.05) is 13.3 Å². The minimum absolute atomic E-state index is 0.104. The molecule has 1 atom stereocenters. The molecular weight excluding hydrogens is 204 g/mol. The normalized spacial score (nSPS) is 12.8. The lowest BCUT2D eigenvalue weighted by Crippen LogP contribution is -2.31. The van der Waals surface area contributed by atoms with E-state index in [1.54, 1.807) is 0 Å². The molecular formula is C12H26N2O2. The molecule has 2 N–H and O–H groups in total. The summed E-state index contributed by atoms with van der Waals surface area (Å²) >= 11 is 0.